The first kappa shape index (κ1) is 18.0. The van der Waals surface area contributed by atoms with Crippen molar-refractivity contribution in [3.8, 4) is 0 Å². The van der Waals surface area contributed by atoms with Gasteiger partial charge in [-0.1, -0.05) is 24.6 Å². The van der Waals surface area contributed by atoms with E-state index in [1.807, 2.05) is 6.07 Å². The number of rotatable bonds is 4. The number of anilines is 3. The highest BCUT2D eigenvalue weighted by Gasteiger charge is 2.31. The largest absolute Gasteiger partial charge is 0.450 e. The SMILES string of the molecule is CCOC(=O)Nc1ccc(NC2c3c(C)cc(C)cc3CC2C)nc1N. The van der Waals surface area contributed by atoms with E-state index in [1.165, 1.54) is 22.3 Å². The van der Waals surface area contributed by atoms with Crippen LogP contribution in [0.25, 0.3) is 0 Å². The van der Waals surface area contributed by atoms with Crippen molar-refractivity contribution in [1.29, 1.82) is 0 Å². The molecule has 0 radical (unpaired) electrons. The number of pyridine rings is 1. The van der Waals surface area contributed by atoms with Crippen LogP contribution in [0.1, 0.15) is 42.1 Å². The van der Waals surface area contributed by atoms with Crippen LogP contribution in [0.4, 0.5) is 22.1 Å². The van der Waals surface area contributed by atoms with Crippen LogP contribution in [0.5, 0.6) is 0 Å². The summed E-state index contributed by atoms with van der Waals surface area (Å²) < 4.78 is 4.87. The van der Waals surface area contributed by atoms with E-state index >= 15 is 0 Å². The second-order valence-electron chi connectivity index (χ2n) is 6.93. The zero-order chi connectivity index (χ0) is 18.8. The number of nitrogens with two attached hydrogens (primary N) is 1. The third kappa shape index (κ3) is 3.59. The number of aromatic nitrogens is 1. The van der Waals surface area contributed by atoms with Crippen LogP contribution < -0.4 is 16.4 Å². The summed E-state index contributed by atoms with van der Waals surface area (Å²) in [4.78, 5) is 15.9. The molecule has 0 fully saturated rings. The molecule has 0 aliphatic heterocycles. The van der Waals surface area contributed by atoms with E-state index in [0.29, 0.717) is 24.0 Å². The van der Waals surface area contributed by atoms with Gasteiger partial charge in [0.1, 0.15) is 11.6 Å². The second-order valence-corrected chi connectivity index (χ2v) is 6.93. The Kier molecular flexibility index (Phi) is 5.02. The van der Waals surface area contributed by atoms with E-state index in [9.17, 15) is 4.79 Å². The summed E-state index contributed by atoms with van der Waals surface area (Å²) in [6, 6.07) is 8.26. The van der Waals surface area contributed by atoms with Crippen LogP contribution in [0.15, 0.2) is 24.3 Å². The van der Waals surface area contributed by atoms with Gasteiger partial charge in [0.2, 0.25) is 0 Å². The summed E-state index contributed by atoms with van der Waals surface area (Å²) in [5.41, 5.74) is 11.8. The number of fused-ring (bicyclic) bond motifs is 1. The number of nitrogen functional groups attached to an aromatic ring is 1. The van der Waals surface area contributed by atoms with Crippen molar-refractivity contribution in [2.24, 2.45) is 5.92 Å². The van der Waals surface area contributed by atoms with Crippen LogP contribution in [0.3, 0.4) is 0 Å². The topological polar surface area (TPSA) is 89.3 Å². The van der Waals surface area contributed by atoms with Crippen LogP contribution in [-0.2, 0) is 11.2 Å². The van der Waals surface area contributed by atoms with Crippen molar-refractivity contribution in [1.82, 2.24) is 4.98 Å². The van der Waals surface area contributed by atoms with Crippen LogP contribution >= 0.6 is 0 Å². The van der Waals surface area contributed by atoms with Gasteiger partial charge in [-0.25, -0.2) is 9.78 Å². The van der Waals surface area contributed by atoms with E-state index < -0.39 is 6.09 Å². The highest BCUT2D eigenvalue weighted by molar-refractivity contribution is 5.88. The van der Waals surface area contributed by atoms with E-state index in [2.05, 4.69) is 48.5 Å². The molecule has 1 heterocycles. The number of nitrogens with one attached hydrogen (secondary N) is 2. The lowest BCUT2D eigenvalue weighted by Gasteiger charge is -2.21. The molecule has 1 aliphatic carbocycles. The summed E-state index contributed by atoms with van der Waals surface area (Å²) in [7, 11) is 0. The fourth-order valence-corrected chi connectivity index (χ4v) is 3.74. The number of hydrogen-bond acceptors (Lipinski definition) is 5. The van der Waals surface area contributed by atoms with Crippen LogP contribution in [-0.4, -0.2) is 17.7 Å². The minimum absolute atomic E-state index is 0.196. The molecule has 2 aromatic rings. The van der Waals surface area contributed by atoms with E-state index in [-0.39, 0.29) is 11.9 Å². The quantitative estimate of drug-likeness (QED) is 0.766. The number of carbonyl (C=O) groups is 1. The number of amides is 1. The van der Waals surface area contributed by atoms with Gasteiger partial charge in [-0.05, 0) is 61.9 Å². The minimum atomic E-state index is -0.536. The molecule has 138 valence electrons. The maximum absolute atomic E-state index is 11.5. The molecule has 2 atom stereocenters. The Morgan fingerprint density at radius 1 is 1.35 bits per heavy atom. The zero-order valence-corrected chi connectivity index (χ0v) is 15.7. The molecule has 6 heteroatoms. The molecule has 1 aliphatic rings. The van der Waals surface area contributed by atoms with Crippen molar-refractivity contribution < 1.29 is 9.53 Å². The summed E-state index contributed by atoms with van der Waals surface area (Å²) in [6.45, 7) is 8.59. The second kappa shape index (κ2) is 7.23. The Morgan fingerprint density at radius 3 is 2.81 bits per heavy atom. The number of hydrogen-bond donors (Lipinski definition) is 3. The molecule has 0 bridgehead atoms. The van der Waals surface area contributed by atoms with Gasteiger partial charge in [-0.2, -0.15) is 0 Å². The molecule has 0 saturated heterocycles. The highest BCUT2D eigenvalue weighted by Crippen LogP contribution is 2.40. The monoisotopic (exact) mass is 354 g/mol. The molecule has 0 saturated carbocycles. The third-order valence-electron chi connectivity index (χ3n) is 4.78. The lowest BCUT2D eigenvalue weighted by Crippen LogP contribution is -2.18. The molecule has 6 nitrogen and oxygen atoms in total. The van der Waals surface area contributed by atoms with Crippen molar-refractivity contribution >= 4 is 23.4 Å². The van der Waals surface area contributed by atoms with Gasteiger partial charge in [-0.3, -0.25) is 5.32 Å². The molecular formula is C20H26N4O2. The number of carbonyl (C=O) groups excluding carboxylic acids is 1. The predicted molar refractivity (Wildman–Crippen MR) is 104 cm³/mol. The lowest BCUT2D eigenvalue weighted by atomic mass is 9.97. The molecule has 3 rings (SSSR count). The molecule has 1 aromatic carbocycles. The summed E-state index contributed by atoms with van der Waals surface area (Å²) >= 11 is 0. The normalized spacial score (nSPS) is 18.3. The van der Waals surface area contributed by atoms with Gasteiger partial charge in [0, 0.05) is 0 Å². The smallest absolute Gasteiger partial charge is 0.411 e. The Bertz CT molecular complexity index is 835. The predicted octanol–water partition coefficient (Wildman–Crippen LogP) is 4.19. The highest BCUT2D eigenvalue weighted by atomic mass is 16.5. The fraction of sp³-hybridized carbons (Fsp3) is 0.400. The molecule has 4 N–H and O–H groups in total. The van der Waals surface area contributed by atoms with Crippen LogP contribution in [0.2, 0.25) is 0 Å². The Hall–Kier alpha value is -2.76. The van der Waals surface area contributed by atoms with Crippen molar-refractivity contribution in [2.75, 3.05) is 23.0 Å². The maximum Gasteiger partial charge on any atom is 0.411 e. The van der Waals surface area contributed by atoms with Crippen molar-refractivity contribution in [2.45, 2.75) is 40.2 Å². The van der Waals surface area contributed by atoms with Crippen molar-refractivity contribution in [3.05, 3.63) is 46.5 Å². The lowest BCUT2D eigenvalue weighted by molar-refractivity contribution is 0.168. The first-order valence-corrected chi connectivity index (χ1v) is 8.96. The average Bonchev–Trinajstić information content (AvgIpc) is 2.86. The summed E-state index contributed by atoms with van der Waals surface area (Å²) in [6.07, 6.45) is 0.513. The zero-order valence-electron chi connectivity index (χ0n) is 15.7. The molecule has 1 aromatic heterocycles. The molecule has 0 spiro atoms. The van der Waals surface area contributed by atoms with Gasteiger partial charge < -0.3 is 15.8 Å². The number of benzene rings is 1. The molecule has 26 heavy (non-hydrogen) atoms. The van der Waals surface area contributed by atoms with E-state index in [4.69, 9.17) is 10.5 Å². The maximum atomic E-state index is 11.5. The Balaban J connectivity index is 1.80. The van der Waals surface area contributed by atoms with Crippen molar-refractivity contribution in [3.63, 3.8) is 0 Å². The average molecular weight is 354 g/mol. The molecule has 2 unspecified atom stereocenters. The van der Waals surface area contributed by atoms with E-state index in [1.54, 1.807) is 13.0 Å². The first-order valence-electron chi connectivity index (χ1n) is 8.96. The standard InChI is InChI=1S/C20H26N4O2/c1-5-26-20(25)22-15-6-7-16(24-19(15)21)23-18-13(4)10-14-9-11(2)8-12(3)17(14)18/h6-9,13,18H,5,10H2,1-4H3,(H,22,25)(H3,21,23,24). The molecular weight excluding hydrogens is 328 g/mol. The molecule has 1 amide bonds. The van der Waals surface area contributed by atoms with Gasteiger partial charge >= 0.3 is 6.09 Å². The van der Waals surface area contributed by atoms with Gasteiger partial charge in [0.05, 0.1) is 18.3 Å². The van der Waals surface area contributed by atoms with Crippen LogP contribution in [0, 0.1) is 19.8 Å². The van der Waals surface area contributed by atoms with E-state index in [0.717, 1.165) is 6.42 Å². The first-order chi connectivity index (χ1) is 12.4. The minimum Gasteiger partial charge on any atom is -0.450 e. The Morgan fingerprint density at radius 2 is 2.12 bits per heavy atom. The van der Waals surface area contributed by atoms with Gasteiger partial charge in [0.25, 0.3) is 0 Å². The number of ether oxygens (including phenoxy) is 1. The number of nitrogens with zero attached hydrogens (tertiary/aromatic N) is 1. The van der Waals surface area contributed by atoms with Gasteiger partial charge in [-0.15, -0.1) is 0 Å². The fourth-order valence-electron chi connectivity index (χ4n) is 3.74. The summed E-state index contributed by atoms with van der Waals surface area (Å²) in [5, 5.41) is 6.11. The third-order valence-corrected chi connectivity index (χ3v) is 4.78. The number of aryl methyl sites for hydroxylation is 2. The van der Waals surface area contributed by atoms with Gasteiger partial charge in [0.15, 0.2) is 0 Å². The Labute approximate surface area is 154 Å². The summed E-state index contributed by atoms with van der Waals surface area (Å²) in [5.74, 6) is 1.42.